The van der Waals surface area contributed by atoms with Gasteiger partial charge >= 0.3 is 0 Å². The molecule has 0 bridgehead atoms. The predicted molar refractivity (Wildman–Crippen MR) is 76.6 cm³/mol. The summed E-state index contributed by atoms with van der Waals surface area (Å²) in [6.45, 7) is 3.88. The molecule has 1 aromatic carbocycles. The molecule has 3 N–H and O–H groups in total. The highest BCUT2D eigenvalue weighted by Crippen LogP contribution is 2.18. The van der Waals surface area contributed by atoms with E-state index in [1.54, 1.807) is 18.2 Å². The molecule has 0 atom stereocenters. The van der Waals surface area contributed by atoms with Crippen molar-refractivity contribution in [3.8, 4) is 0 Å². The highest BCUT2D eigenvalue weighted by molar-refractivity contribution is 9.10. The molecule has 0 heterocycles. The monoisotopic (exact) mass is 314 g/mol. The highest BCUT2D eigenvalue weighted by atomic mass is 79.9. The van der Waals surface area contributed by atoms with Crippen LogP contribution in [0.15, 0.2) is 22.7 Å². The van der Waals surface area contributed by atoms with Gasteiger partial charge < -0.3 is 15.8 Å². The first-order valence-corrected chi connectivity index (χ1v) is 6.85. The smallest absolute Gasteiger partial charge is 0.253 e. The van der Waals surface area contributed by atoms with Gasteiger partial charge in [-0.05, 0) is 24.6 Å². The molecule has 5 heteroatoms. The Kier molecular flexibility index (Phi) is 6.75. The second kappa shape index (κ2) is 8.11. The summed E-state index contributed by atoms with van der Waals surface area (Å²) in [5.74, 6) is -0.168. The van der Waals surface area contributed by atoms with Crippen LogP contribution in [0.1, 0.15) is 30.1 Å². The molecule has 100 valence electrons. The summed E-state index contributed by atoms with van der Waals surface area (Å²) in [5, 5.41) is 2.78. The number of benzene rings is 1. The molecule has 0 aliphatic carbocycles. The number of halogens is 1. The van der Waals surface area contributed by atoms with E-state index in [0.717, 1.165) is 23.9 Å². The average Bonchev–Trinajstić information content (AvgIpc) is 2.33. The van der Waals surface area contributed by atoms with E-state index in [4.69, 9.17) is 10.5 Å². The van der Waals surface area contributed by atoms with Crippen LogP contribution in [0.2, 0.25) is 0 Å². The van der Waals surface area contributed by atoms with E-state index >= 15 is 0 Å². The first kappa shape index (κ1) is 15.0. The van der Waals surface area contributed by atoms with Crippen LogP contribution in [0.5, 0.6) is 0 Å². The number of hydrogen-bond donors (Lipinski definition) is 2. The molecule has 0 saturated heterocycles. The standard InChI is InChI=1S/C13H19BrN2O2/c1-2-3-7-18-8-6-16-13(17)11-5-4-10(14)9-12(11)15/h4-5,9H,2-3,6-8,15H2,1H3,(H,16,17). The SMILES string of the molecule is CCCCOCCNC(=O)c1ccc(Br)cc1N. The van der Waals surface area contributed by atoms with Crippen LogP contribution in [0.4, 0.5) is 5.69 Å². The largest absolute Gasteiger partial charge is 0.398 e. The maximum atomic E-state index is 11.8. The fourth-order valence-electron chi connectivity index (χ4n) is 1.42. The second-order valence-corrected chi connectivity index (χ2v) is 4.87. The van der Waals surface area contributed by atoms with Crippen LogP contribution in [-0.2, 0) is 4.74 Å². The molecule has 1 rings (SSSR count). The van der Waals surface area contributed by atoms with Crippen LogP contribution in [-0.4, -0.2) is 25.7 Å². The van der Waals surface area contributed by atoms with Crippen molar-refractivity contribution in [1.29, 1.82) is 0 Å². The van der Waals surface area contributed by atoms with Gasteiger partial charge in [0.15, 0.2) is 0 Å². The van der Waals surface area contributed by atoms with E-state index in [1.807, 2.05) is 0 Å². The summed E-state index contributed by atoms with van der Waals surface area (Å²) in [6.07, 6.45) is 2.16. The lowest BCUT2D eigenvalue weighted by atomic mass is 10.1. The first-order valence-electron chi connectivity index (χ1n) is 6.06. The zero-order valence-corrected chi connectivity index (χ0v) is 12.1. The van der Waals surface area contributed by atoms with Crippen molar-refractivity contribution in [2.75, 3.05) is 25.5 Å². The van der Waals surface area contributed by atoms with Crippen molar-refractivity contribution in [2.24, 2.45) is 0 Å². The summed E-state index contributed by atoms with van der Waals surface area (Å²) in [4.78, 5) is 11.8. The molecular weight excluding hydrogens is 296 g/mol. The number of carbonyl (C=O) groups excluding carboxylic acids is 1. The van der Waals surface area contributed by atoms with Gasteiger partial charge in [0, 0.05) is 23.3 Å². The number of carbonyl (C=O) groups is 1. The van der Waals surface area contributed by atoms with Crippen molar-refractivity contribution in [3.63, 3.8) is 0 Å². The fourth-order valence-corrected chi connectivity index (χ4v) is 1.80. The maximum absolute atomic E-state index is 11.8. The van der Waals surface area contributed by atoms with Gasteiger partial charge in [-0.2, -0.15) is 0 Å². The summed E-state index contributed by atoms with van der Waals surface area (Å²) in [7, 11) is 0. The Bertz CT molecular complexity index is 397. The van der Waals surface area contributed by atoms with Crippen molar-refractivity contribution in [3.05, 3.63) is 28.2 Å². The molecule has 0 aliphatic heterocycles. The number of unbranched alkanes of at least 4 members (excludes halogenated alkanes) is 1. The number of nitrogen functional groups attached to an aromatic ring is 1. The number of hydrogen-bond acceptors (Lipinski definition) is 3. The lowest BCUT2D eigenvalue weighted by Crippen LogP contribution is -2.28. The van der Waals surface area contributed by atoms with Crippen molar-refractivity contribution >= 4 is 27.5 Å². The third kappa shape index (κ3) is 5.06. The summed E-state index contributed by atoms with van der Waals surface area (Å²) in [5.41, 5.74) is 6.73. The number of ether oxygens (including phenoxy) is 1. The van der Waals surface area contributed by atoms with E-state index in [0.29, 0.717) is 24.4 Å². The Morgan fingerprint density at radius 1 is 1.44 bits per heavy atom. The Morgan fingerprint density at radius 2 is 2.22 bits per heavy atom. The van der Waals surface area contributed by atoms with Crippen LogP contribution in [0, 0.1) is 0 Å². The van der Waals surface area contributed by atoms with Gasteiger partial charge in [0.2, 0.25) is 0 Å². The zero-order chi connectivity index (χ0) is 13.4. The molecule has 4 nitrogen and oxygen atoms in total. The number of rotatable bonds is 7. The lowest BCUT2D eigenvalue weighted by Gasteiger charge is -2.08. The summed E-state index contributed by atoms with van der Waals surface area (Å²) < 4.78 is 6.22. The van der Waals surface area contributed by atoms with Crippen LogP contribution >= 0.6 is 15.9 Å². The average molecular weight is 315 g/mol. The predicted octanol–water partition coefficient (Wildman–Crippen LogP) is 2.58. The maximum Gasteiger partial charge on any atom is 0.253 e. The minimum Gasteiger partial charge on any atom is -0.398 e. The van der Waals surface area contributed by atoms with Gasteiger partial charge in [-0.3, -0.25) is 4.79 Å². The third-order valence-corrected chi connectivity index (χ3v) is 2.93. The summed E-state index contributed by atoms with van der Waals surface area (Å²) >= 11 is 3.30. The number of anilines is 1. The van der Waals surface area contributed by atoms with E-state index < -0.39 is 0 Å². The topological polar surface area (TPSA) is 64.3 Å². The number of nitrogens with two attached hydrogens (primary N) is 1. The van der Waals surface area contributed by atoms with Gasteiger partial charge in [-0.1, -0.05) is 29.3 Å². The lowest BCUT2D eigenvalue weighted by molar-refractivity contribution is 0.0913. The molecule has 1 aromatic rings. The Morgan fingerprint density at radius 3 is 2.89 bits per heavy atom. The van der Waals surface area contributed by atoms with Crippen LogP contribution in [0.25, 0.3) is 0 Å². The minimum atomic E-state index is -0.168. The molecular formula is C13H19BrN2O2. The van der Waals surface area contributed by atoms with Gasteiger partial charge in [0.25, 0.3) is 5.91 Å². The van der Waals surface area contributed by atoms with Gasteiger partial charge in [0.05, 0.1) is 12.2 Å². The van der Waals surface area contributed by atoms with E-state index in [9.17, 15) is 4.79 Å². The van der Waals surface area contributed by atoms with E-state index in [-0.39, 0.29) is 5.91 Å². The number of nitrogens with one attached hydrogen (secondary N) is 1. The molecule has 18 heavy (non-hydrogen) atoms. The molecule has 0 spiro atoms. The van der Waals surface area contributed by atoms with Crippen LogP contribution < -0.4 is 11.1 Å². The minimum absolute atomic E-state index is 0.168. The summed E-state index contributed by atoms with van der Waals surface area (Å²) in [6, 6.07) is 5.21. The third-order valence-electron chi connectivity index (χ3n) is 2.43. The molecule has 0 unspecified atom stereocenters. The Labute approximate surface area is 116 Å². The van der Waals surface area contributed by atoms with Crippen LogP contribution in [0.3, 0.4) is 0 Å². The number of amides is 1. The second-order valence-electron chi connectivity index (χ2n) is 3.95. The molecule has 0 aromatic heterocycles. The highest BCUT2D eigenvalue weighted by Gasteiger charge is 2.08. The molecule has 0 radical (unpaired) electrons. The van der Waals surface area contributed by atoms with E-state index in [1.165, 1.54) is 0 Å². The molecule has 1 amide bonds. The Hall–Kier alpha value is -1.07. The normalized spacial score (nSPS) is 10.3. The van der Waals surface area contributed by atoms with Crippen molar-refractivity contribution in [1.82, 2.24) is 5.32 Å². The zero-order valence-electron chi connectivity index (χ0n) is 10.5. The molecule has 0 aliphatic rings. The molecule has 0 saturated carbocycles. The fraction of sp³-hybridized carbons (Fsp3) is 0.462. The molecule has 0 fully saturated rings. The van der Waals surface area contributed by atoms with Crippen molar-refractivity contribution < 1.29 is 9.53 Å². The van der Waals surface area contributed by atoms with Crippen molar-refractivity contribution in [2.45, 2.75) is 19.8 Å². The van der Waals surface area contributed by atoms with Gasteiger partial charge in [-0.15, -0.1) is 0 Å². The quantitative estimate of drug-likeness (QED) is 0.600. The van der Waals surface area contributed by atoms with E-state index in [2.05, 4.69) is 28.2 Å². The van der Waals surface area contributed by atoms with Gasteiger partial charge in [0.1, 0.15) is 0 Å². The first-order chi connectivity index (χ1) is 8.65. The van der Waals surface area contributed by atoms with Gasteiger partial charge in [-0.25, -0.2) is 0 Å². The Balaban J connectivity index is 2.32.